The van der Waals surface area contributed by atoms with Gasteiger partial charge in [0, 0.05) is 23.3 Å². The number of rotatable bonds is 7. The van der Waals surface area contributed by atoms with E-state index < -0.39 is 35.0 Å². The van der Waals surface area contributed by atoms with Crippen LogP contribution in [0.1, 0.15) is 23.5 Å². The number of nitrogens with zero attached hydrogens (tertiary/aromatic N) is 3. The average molecular weight is 571 g/mol. The molecule has 4 rings (SSSR count). The summed E-state index contributed by atoms with van der Waals surface area (Å²) in [6.07, 6.45) is 1.06. The second-order valence-corrected chi connectivity index (χ2v) is 9.49. The highest BCUT2D eigenvalue weighted by atomic mass is 79.9. The van der Waals surface area contributed by atoms with Crippen LogP contribution in [0.2, 0.25) is 0 Å². The predicted molar refractivity (Wildman–Crippen MR) is 126 cm³/mol. The van der Waals surface area contributed by atoms with Crippen LogP contribution in [0.5, 0.6) is 0 Å². The molecule has 2 unspecified atom stereocenters. The highest BCUT2D eigenvalue weighted by Crippen LogP contribution is 2.37. The van der Waals surface area contributed by atoms with Gasteiger partial charge in [-0.2, -0.15) is 4.39 Å². The predicted octanol–water partition coefficient (Wildman–Crippen LogP) is 2.88. The van der Waals surface area contributed by atoms with E-state index in [0.717, 1.165) is 17.5 Å². The van der Waals surface area contributed by atoms with Crippen molar-refractivity contribution in [1.29, 1.82) is 0 Å². The molecule has 3 heterocycles. The number of thiazole rings is 1. The molecule has 0 spiro atoms. The normalized spacial score (nSPS) is 20.9. The van der Waals surface area contributed by atoms with Crippen LogP contribution in [0.25, 0.3) is 0 Å². The standard InChI is InChI=1S/C22H21BrF2N4O5S/c1-2-34-22(32)17-14(9-29-5-6-33-10-15(29)21(30)31)27-19(20-26-8-16(25)35-20)28-18(17)12-4-3-11(24)7-13(12)23/h3-4,7-8,15,18H,2,5-6,9-10H2,1H3,(H,27,28)(H,30,31). The van der Waals surface area contributed by atoms with Gasteiger partial charge in [-0.15, -0.1) is 0 Å². The molecule has 9 nitrogen and oxygen atoms in total. The van der Waals surface area contributed by atoms with E-state index in [1.807, 2.05) is 0 Å². The summed E-state index contributed by atoms with van der Waals surface area (Å²) in [7, 11) is 0. The number of carbonyl (C=O) groups is 2. The Morgan fingerprint density at radius 1 is 1.40 bits per heavy atom. The first-order valence-electron chi connectivity index (χ1n) is 10.6. The summed E-state index contributed by atoms with van der Waals surface area (Å²) < 4.78 is 38.6. The number of aliphatic imine (C=N–C) groups is 1. The van der Waals surface area contributed by atoms with Crippen LogP contribution in [0, 0.1) is 10.9 Å². The third kappa shape index (κ3) is 5.58. The van der Waals surface area contributed by atoms with Gasteiger partial charge in [0.25, 0.3) is 0 Å². The molecule has 0 saturated carbocycles. The molecule has 35 heavy (non-hydrogen) atoms. The molecule has 186 valence electrons. The molecule has 0 amide bonds. The number of ether oxygens (including phenoxy) is 2. The number of carbonyl (C=O) groups excluding carboxylic acids is 1. The number of aromatic nitrogens is 1. The minimum atomic E-state index is -1.06. The minimum absolute atomic E-state index is 0.0110. The molecule has 0 aliphatic carbocycles. The Balaban J connectivity index is 1.84. The van der Waals surface area contributed by atoms with Crippen molar-refractivity contribution in [2.45, 2.75) is 19.0 Å². The molecule has 1 saturated heterocycles. The van der Waals surface area contributed by atoms with Crippen molar-refractivity contribution in [2.24, 2.45) is 4.99 Å². The van der Waals surface area contributed by atoms with E-state index in [1.54, 1.807) is 11.8 Å². The van der Waals surface area contributed by atoms with Crippen molar-refractivity contribution in [1.82, 2.24) is 15.2 Å². The van der Waals surface area contributed by atoms with E-state index >= 15 is 0 Å². The van der Waals surface area contributed by atoms with Crippen LogP contribution in [-0.4, -0.2) is 71.7 Å². The van der Waals surface area contributed by atoms with Gasteiger partial charge in [-0.1, -0.05) is 33.3 Å². The Morgan fingerprint density at radius 3 is 2.86 bits per heavy atom. The Labute approximate surface area is 211 Å². The van der Waals surface area contributed by atoms with Crippen molar-refractivity contribution in [3.05, 3.63) is 61.7 Å². The van der Waals surface area contributed by atoms with Crippen LogP contribution >= 0.6 is 27.3 Å². The van der Waals surface area contributed by atoms with Crippen LogP contribution in [0.15, 0.2) is 45.1 Å². The zero-order chi connectivity index (χ0) is 25.1. The molecule has 0 radical (unpaired) electrons. The monoisotopic (exact) mass is 570 g/mol. The quantitative estimate of drug-likeness (QED) is 0.488. The molecular weight excluding hydrogens is 550 g/mol. The van der Waals surface area contributed by atoms with E-state index in [-0.39, 0.29) is 36.2 Å². The van der Waals surface area contributed by atoms with Crippen LogP contribution in [0.3, 0.4) is 0 Å². The molecule has 1 aromatic heterocycles. The SMILES string of the molecule is CCOC(=O)C1=C(CN2CCOCC2C(=O)O)NC(c2ncc(F)s2)=NC1c1ccc(F)cc1Br. The van der Waals surface area contributed by atoms with Gasteiger partial charge in [0.05, 0.1) is 31.6 Å². The number of benzene rings is 1. The van der Waals surface area contributed by atoms with Crippen LogP contribution in [-0.2, 0) is 19.1 Å². The number of halogens is 3. The maximum atomic E-state index is 13.8. The number of carboxylic acid groups (broad SMARTS) is 1. The Bertz CT molecular complexity index is 1200. The molecule has 2 aromatic rings. The highest BCUT2D eigenvalue weighted by Gasteiger charge is 2.37. The van der Waals surface area contributed by atoms with Gasteiger partial charge >= 0.3 is 11.9 Å². The summed E-state index contributed by atoms with van der Waals surface area (Å²) in [6, 6.07) is 2.10. The number of hydrogen-bond donors (Lipinski definition) is 2. The van der Waals surface area contributed by atoms with E-state index in [2.05, 4.69) is 31.2 Å². The number of aliphatic carboxylic acids is 1. The fourth-order valence-corrected chi connectivity index (χ4v) is 5.01. The lowest BCUT2D eigenvalue weighted by Crippen LogP contribution is -2.52. The van der Waals surface area contributed by atoms with Gasteiger partial charge < -0.3 is 19.9 Å². The first-order valence-corrected chi connectivity index (χ1v) is 12.3. The number of morpholine rings is 1. The summed E-state index contributed by atoms with van der Waals surface area (Å²) >= 11 is 4.11. The molecule has 2 N–H and O–H groups in total. The van der Waals surface area contributed by atoms with Gasteiger partial charge in [-0.25, -0.2) is 14.2 Å². The fraction of sp³-hybridized carbons (Fsp3) is 0.364. The third-order valence-electron chi connectivity index (χ3n) is 5.44. The second kappa shape index (κ2) is 10.9. The van der Waals surface area contributed by atoms with Crippen molar-refractivity contribution >= 4 is 45.0 Å². The second-order valence-electron chi connectivity index (χ2n) is 7.65. The van der Waals surface area contributed by atoms with Crippen LogP contribution in [0.4, 0.5) is 8.78 Å². The molecule has 1 aromatic carbocycles. The lowest BCUT2D eigenvalue weighted by atomic mass is 9.95. The molecule has 13 heteroatoms. The molecule has 2 atom stereocenters. The van der Waals surface area contributed by atoms with Gasteiger partial charge in [0.2, 0.25) is 0 Å². The van der Waals surface area contributed by atoms with E-state index in [1.165, 1.54) is 18.2 Å². The number of hydrogen-bond acceptors (Lipinski definition) is 9. The average Bonchev–Trinajstić information content (AvgIpc) is 3.25. The highest BCUT2D eigenvalue weighted by molar-refractivity contribution is 9.10. The third-order valence-corrected chi connectivity index (χ3v) is 6.92. The summed E-state index contributed by atoms with van der Waals surface area (Å²) in [4.78, 5) is 35.3. The number of carboxylic acids is 1. The smallest absolute Gasteiger partial charge is 0.338 e. The van der Waals surface area contributed by atoms with Crippen molar-refractivity contribution < 1.29 is 33.0 Å². The largest absolute Gasteiger partial charge is 0.480 e. The lowest BCUT2D eigenvalue weighted by Gasteiger charge is -2.35. The Hall–Kier alpha value is -2.74. The molecular formula is C22H21BrF2N4O5S. The maximum Gasteiger partial charge on any atom is 0.338 e. The first kappa shape index (κ1) is 25.4. The van der Waals surface area contributed by atoms with Crippen molar-refractivity contribution in [2.75, 3.05) is 32.9 Å². The topological polar surface area (TPSA) is 113 Å². The number of nitrogens with one attached hydrogen (secondary N) is 1. The molecule has 0 bridgehead atoms. The number of esters is 1. The summed E-state index contributed by atoms with van der Waals surface area (Å²) in [6.45, 7) is 2.39. The van der Waals surface area contributed by atoms with Gasteiger partial charge in [-0.3, -0.25) is 14.7 Å². The van der Waals surface area contributed by atoms with Crippen molar-refractivity contribution in [3.8, 4) is 0 Å². The molecule has 2 aliphatic heterocycles. The Morgan fingerprint density at radius 2 is 2.20 bits per heavy atom. The number of amidine groups is 1. The van der Waals surface area contributed by atoms with E-state index in [0.29, 0.717) is 28.9 Å². The van der Waals surface area contributed by atoms with Crippen LogP contribution < -0.4 is 5.32 Å². The Kier molecular flexibility index (Phi) is 7.89. The fourth-order valence-electron chi connectivity index (χ4n) is 3.85. The van der Waals surface area contributed by atoms with E-state index in [4.69, 9.17) is 9.47 Å². The molecule has 1 fully saturated rings. The van der Waals surface area contributed by atoms with Crippen molar-refractivity contribution in [3.63, 3.8) is 0 Å². The summed E-state index contributed by atoms with van der Waals surface area (Å²) in [5.41, 5.74) is 0.939. The lowest BCUT2D eigenvalue weighted by molar-refractivity contribution is -0.149. The summed E-state index contributed by atoms with van der Waals surface area (Å²) in [5, 5.41) is 12.4. The zero-order valence-corrected chi connectivity index (χ0v) is 20.9. The molecule has 2 aliphatic rings. The van der Waals surface area contributed by atoms with Gasteiger partial charge in [-0.05, 0) is 24.6 Å². The first-order chi connectivity index (χ1) is 16.8. The summed E-state index contributed by atoms with van der Waals surface area (Å²) in [5.74, 6) is -2.01. The zero-order valence-electron chi connectivity index (χ0n) is 18.5. The van der Waals surface area contributed by atoms with Gasteiger partial charge in [0.1, 0.15) is 17.9 Å². The van der Waals surface area contributed by atoms with E-state index in [9.17, 15) is 23.5 Å². The maximum absolute atomic E-state index is 13.8. The minimum Gasteiger partial charge on any atom is -0.480 e. The van der Waals surface area contributed by atoms with Gasteiger partial charge in [0.15, 0.2) is 16.0 Å².